The number of nitrogens with zero attached hydrogens (tertiary/aromatic N) is 5. The van der Waals surface area contributed by atoms with E-state index in [1.165, 1.54) is 27.7 Å². The maximum absolute atomic E-state index is 9.63. The minimum atomic E-state index is 0. The molecule has 0 saturated carbocycles. The van der Waals surface area contributed by atoms with Crippen LogP contribution in [0, 0.1) is 20.5 Å². The van der Waals surface area contributed by atoms with Gasteiger partial charge in [0.05, 0.1) is 22.8 Å². The van der Waals surface area contributed by atoms with Gasteiger partial charge in [0.25, 0.3) is 0 Å². The van der Waals surface area contributed by atoms with Crippen molar-refractivity contribution in [2.45, 2.75) is 27.7 Å². The molecule has 0 bridgehead atoms. The molecule has 2 N–H and O–H groups in total. The first-order valence-corrected chi connectivity index (χ1v) is 4.52. The maximum Gasteiger partial charge on any atom is 0.0967 e. The third kappa shape index (κ3) is 18.2. The predicted octanol–water partition coefficient (Wildman–Crippen LogP) is 1.84. The van der Waals surface area contributed by atoms with E-state index >= 15 is 0 Å². The molecule has 0 heterocycles. The van der Waals surface area contributed by atoms with Crippen LogP contribution in [0.2, 0.25) is 0 Å². The van der Waals surface area contributed by atoms with Crippen molar-refractivity contribution in [2.24, 2.45) is 26.0 Å². The van der Waals surface area contributed by atoms with Crippen LogP contribution in [-0.2, 0) is 16.8 Å². The summed E-state index contributed by atoms with van der Waals surface area (Å²) in [6.07, 6.45) is 0. The van der Waals surface area contributed by atoms with Gasteiger partial charge in [0.15, 0.2) is 0 Å². The Morgan fingerprint density at radius 1 is 0.750 bits per heavy atom. The van der Waals surface area contributed by atoms with E-state index in [4.69, 9.17) is 20.5 Å². The molecule has 0 aromatic heterocycles. The van der Waals surface area contributed by atoms with Crippen LogP contribution in [0.5, 0.6) is 0 Å². The average Bonchev–Trinajstić information content (AvgIpc) is 2.45. The smallest absolute Gasteiger partial charge is 0.0967 e. The monoisotopic (exact) mass is 335 g/mol. The molecule has 0 spiro atoms. The van der Waals surface area contributed by atoms with Crippen molar-refractivity contribution in [3.05, 3.63) is 20.5 Å². The normalized spacial score (nSPS) is 12.0. The fraction of sp³-hybridized carbons (Fsp3) is 0.500. The molecular formula is C8H14CoN5O6-3. The van der Waals surface area contributed by atoms with Gasteiger partial charge in [-0.25, -0.2) is 0 Å². The predicted molar refractivity (Wildman–Crippen MR) is 71.9 cm³/mol. The SMILES string of the molecule is CC(=N/O)/C(C)=N/[O-].CC(=N/[O-])/C(C)=N\O.O=N[O-].[Co]. The van der Waals surface area contributed by atoms with Gasteiger partial charge in [0, 0.05) is 16.8 Å². The van der Waals surface area contributed by atoms with Gasteiger partial charge in [0.2, 0.25) is 0 Å². The van der Waals surface area contributed by atoms with Crippen LogP contribution in [-0.4, -0.2) is 33.3 Å². The maximum atomic E-state index is 9.63. The average molecular weight is 335 g/mol. The van der Waals surface area contributed by atoms with E-state index in [1.807, 2.05) is 0 Å². The Bertz CT molecular complexity index is 304. The Kier molecular flexibility index (Phi) is 25.2. The molecule has 0 aliphatic heterocycles. The van der Waals surface area contributed by atoms with Crippen molar-refractivity contribution in [3.8, 4) is 0 Å². The van der Waals surface area contributed by atoms with Crippen LogP contribution >= 0.6 is 0 Å². The largest absolute Gasteiger partial charge is 0.792 e. The van der Waals surface area contributed by atoms with Crippen molar-refractivity contribution in [3.63, 3.8) is 0 Å². The van der Waals surface area contributed by atoms with Crippen LogP contribution in [0.4, 0.5) is 0 Å². The van der Waals surface area contributed by atoms with Crippen molar-refractivity contribution >= 4 is 22.8 Å². The standard InChI is InChI=1S/2C4H8N2O2.Co.HNO2/c2*1-3(5-7)4(2)6-8;;2-1-3/h2*7-8H,1-2H3;;(H,2,3)/p-3/b5-3-,6-4+;5-3-,6-4-;;. The van der Waals surface area contributed by atoms with E-state index in [2.05, 4.69) is 20.6 Å². The zero-order chi connectivity index (χ0) is 15.8. The van der Waals surface area contributed by atoms with Gasteiger partial charge in [0.1, 0.15) is 0 Å². The van der Waals surface area contributed by atoms with Crippen LogP contribution in [0.1, 0.15) is 27.7 Å². The Morgan fingerprint density at radius 2 is 0.950 bits per heavy atom. The molecule has 0 saturated heterocycles. The summed E-state index contributed by atoms with van der Waals surface area (Å²) in [4.78, 5) is 8.00. The van der Waals surface area contributed by atoms with Crippen molar-refractivity contribution < 1.29 is 27.2 Å². The molecular weight excluding hydrogens is 321 g/mol. The van der Waals surface area contributed by atoms with Gasteiger partial charge in [-0.05, 0) is 27.7 Å². The van der Waals surface area contributed by atoms with E-state index in [0.717, 1.165) is 5.34 Å². The van der Waals surface area contributed by atoms with Gasteiger partial charge >= 0.3 is 0 Å². The first-order valence-electron chi connectivity index (χ1n) is 4.52. The fourth-order valence-electron chi connectivity index (χ4n) is 0.277. The molecule has 0 aliphatic carbocycles. The van der Waals surface area contributed by atoms with E-state index in [9.17, 15) is 10.4 Å². The fourth-order valence-corrected chi connectivity index (χ4v) is 0.277. The summed E-state index contributed by atoms with van der Waals surface area (Å²) in [5.74, 6) is 0. The van der Waals surface area contributed by atoms with Crippen LogP contribution in [0.15, 0.2) is 26.0 Å². The van der Waals surface area contributed by atoms with Crippen LogP contribution in [0.25, 0.3) is 0 Å². The Balaban J connectivity index is -0.000000103. The van der Waals surface area contributed by atoms with Crippen LogP contribution in [0.3, 0.4) is 0 Å². The van der Waals surface area contributed by atoms with Gasteiger partial charge in [-0.15, -0.1) is 5.34 Å². The minimum Gasteiger partial charge on any atom is -0.792 e. The second-order valence-corrected chi connectivity index (χ2v) is 2.80. The summed E-state index contributed by atoms with van der Waals surface area (Å²) in [7, 11) is 0. The summed E-state index contributed by atoms with van der Waals surface area (Å²) in [6, 6.07) is 0. The molecule has 0 aliphatic rings. The molecule has 0 rings (SSSR count). The molecule has 119 valence electrons. The van der Waals surface area contributed by atoms with E-state index in [-0.39, 0.29) is 39.6 Å². The van der Waals surface area contributed by atoms with Gasteiger partial charge in [-0.1, -0.05) is 10.3 Å². The van der Waals surface area contributed by atoms with Gasteiger partial charge in [-0.2, -0.15) is 0 Å². The zero-order valence-corrected chi connectivity index (χ0v) is 12.1. The van der Waals surface area contributed by atoms with Crippen molar-refractivity contribution in [1.82, 2.24) is 0 Å². The van der Waals surface area contributed by atoms with Crippen LogP contribution < -0.4 is 0 Å². The molecule has 12 heteroatoms. The first kappa shape index (κ1) is 26.4. The Labute approximate surface area is 125 Å². The first-order chi connectivity index (χ1) is 8.85. The Hall–Kier alpha value is -2.21. The number of oxime groups is 2. The van der Waals surface area contributed by atoms with E-state index in [1.54, 1.807) is 0 Å². The summed E-state index contributed by atoms with van der Waals surface area (Å²) < 4.78 is 0. The summed E-state index contributed by atoms with van der Waals surface area (Å²) in [5, 5.41) is 54.8. The molecule has 0 aromatic rings. The van der Waals surface area contributed by atoms with E-state index in [0.29, 0.717) is 0 Å². The third-order valence-electron chi connectivity index (χ3n) is 1.62. The molecule has 11 nitrogen and oxygen atoms in total. The number of hydrogen-bond acceptors (Lipinski definition) is 11. The molecule has 0 unspecified atom stereocenters. The molecule has 0 aromatic carbocycles. The Morgan fingerprint density at radius 3 is 1.00 bits per heavy atom. The molecule has 0 atom stereocenters. The van der Waals surface area contributed by atoms with Crippen molar-refractivity contribution in [1.29, 1.82) is 0 Å². The van der Waals surface area contributed by atoms with E-state index < -0.39 is 0 Å². The van der Waals surface area contributed by atoms with Gasteiger partial charge in [-0.3, -0.25) is 0 Å². The molecule has 1 radical (unpaired) electrons. The summed E-state index contributed by atoms with van der Waals surface area (Å²) >= 11 is 0. The quantitative estimate of drug-likeness (QED) is 0.335. The summed E-state index contributed by atoms with van der Waals surface area (Å²) in [6.45, 7) is 5.94. The van der Waals surface area contributed by atoms with Crippen molar-refractivity contribution in [2.75, 3.05) is 0 Å². The minimum absolute atomic E-state index is 0. The molecule has 0 amide bonds. The number of hydrogen-bond donors (Lipinski definition) is 2. The second-order valence-electron chi connectivity index (χ2n) is 2.80. The third-order valence-corrected chi connectivity index (χ3v) is 1.62. The van der Waals surface area contributed by atoms with Gasteiger partial charge < -0.3 is 41.3 Å². The zero-order valence-electron chi connectivity index (χ0n) is 11.1. The second kappa shape index (κ2) is 19.1. The molecule has 20 heavy (non-hydrogen) atoms. The number of rotatable bonds is 2. The molecule has 0 fully saturated rings. The topological polar surface area (TPSA) is 189 Å². The summed E-state index contributed by atoms with van der Waals surface area (Å²) in [5.41, 5.74) is 0.903.